The summed E-state index contributed by atoms with van der Waals surface area (Å²) in [6, 6.07) is 17.4. The van der Waals surface area contributed by atoms with E-state index < -0.39 is 12.2 Å². The van der Waals surface area contributed by atoms with Gasteiger partial charge >= 0.3 is 12.2 Å². The third kappa shape index (κ3) is 10.3. The van der Waals surface area contributed by atoms with Crippen LogP contribution in [0.2, 0.25) is 0 Å². The molecule has 0 aliphatic rings. The summed E-state index contributed by atoms with van der Waals surface area (Å²) in [5.41, 5.74) is 2.93. The molecule has 0 spiro atoms. The highest BCUT2D eigenvalue weighted by molar-refractivity contribution is 5.78. The van der Waals surface area contributed by atoms with Gasteiger partial charge in [0, 0.05) is 25.9 Å². The summed E-state index contributed by atoms with van der Waals surface area (Å²) in [6.07, 6.45) is 1.15. The van der Waals surface area contributed by atoms with Gasteiger partial charge in [-0.3, -0.25) is 4.79 Å². The molecule has 0 aliphatic carbocycles. The Kier molecular flexibility index (Phi) is 10.6. The lowest BCUT2D eigenvalue weighted by molar-refractivity contribution is -0.119. The van der Waals surface area contributed by atoms with Crippen molar-refractivity contribution in [2.75, 3.05) is 13.2 Å². The lowest BCUT2D eigenvalue weighted by atomic mass is 10.1. The van der Waals surface area contributed by atoms with Gasteiger partial charge in [-0.15, -0.1) is 0 Å². The molecule has 2 amide bonds. The summed E-state index contributed by atoms with van der Waals surface area (Å²) in [5.74, 6) is 0.168. The van der Waals surface area contributed by atoms with Crippen molar-refractivity contribution in [3.63, 3.8) is 0 Å². The highest BCUT2D eigenvalue weighted by Gasteiger charge is 2.06. The number of Topliss-reactive ketones (excluding diaryl/α,β-unsaturated/α-hetero) is 1. The second kappa shape index (κ2) is 13.8. The maximum Gasteiger partial charge on any atom is 0.407 e. The minimum absolute atomic E-state index is 0.168. The van der Waals surface area contributed by atoms with Crippen molar-refractivity contribution in [3.8, 4) is 0 Å². The highest BCUT2D eigenvalue weighted by Crippen LogP contribution is 2.07. The number of ketones is 1. The summed E-state index contributed by atoms with van der Waals surface area (Å²) >= 11 is 0. The molecule has 0 aromatic heterocycles. The first-order chi connectivity index (χ1) is 15.1. The molecular weight excluding hydrogens is 396 g/mol. The molecule has 7 nitrogen and oxygen atoms in total. The summed E-state index contributed by atoms with van der Waals surface area (Å²) in [5, 5.41) is 5.34. The molecule has 0 fully saturated rings. The van der Waals surface area contributed by atoms with Crippen LogP contribution in [0.15, 0.2) is 54.6 Å². The minimum Gasteiger partial charge on any atom is -0.450 e. The second-order valence-electron chi connectivity index (χ2n) is 7.01. The van der Waals surface area contributed by atoms with E-state index in [4.69, 9.17) is 9.47 Å². The fourth-order valence-corrected chi connectivity index (χ4v) is 2.92. The number of amides is 2. The van der Waals surface area contributed by atoms with Gasteiger partial charge in [-0.05, 0) is 36.5 Å². The number of carbonyl (C=O) groups excluding carboxylic acids is 3. The van der Waals surface area contributed by atoms with E-state index in [2.05, 4.69) is 10.6 Å². The van der Waals surface area contributed by atoms with Crippen molar-refractivity contribution < 1.29 is 23.9 Å². The molecule has 0 atom stereocenters. The Bertz CT molecular complexity index is 839. The predicted molar refractivity (Wildman–Crippen MR) is 117 cm³/mol. The third-order valence-corrected chi connectivity index (χ3v) is 4.51. The van der Waals surface area contributed by atoms with Crippen molar-refractivity contribution in [1.29, 1.82) is 0 Å². The Morgan fingerprint density at radius 1 is 0.774 bits per heavy atom. The summed E-state index contributed by atoms with van der Waals surface area (Å²) in [4.78, 5) is 35.2. The molecule has 0 heterocycles. The molecule has 2 N–H and O–H groups in total. The molecule has 0 bridgehead atoms. The fraction of sp³-hybridized carbons (Fsp3) is 0.375. The second-order valence-corrected chi connectivity index (χ2v) is 7.01. The molecule has 7 heteroatoms. The van der Waals surface area contributed by atoms with Gasteiger partial charge in [-0.2, -0.15) is 0 Å². The maximum absolute atomic E-state index is 11.9. The molecule has 2 aromatic carbocycles. The molecular formula is C24H30N2O5. The Labute approximate surface area is 183 Å². The molecule has 2 aromatic rings. The Hall–Kier alpha value is -3.35. The van der Waals surface area contributed by atoms with Crippen molar-refractivity contribution >= 4 is 18.0 Å². The van der Waals surface area contributed by atoms with Crippen molar-refractivity contribution in [3.05, 3.63) is 71.3 Å². The van der Waals surface area contributed by atoms with E-state index in [1.54, 1.807) is 6.92 Å². The van der Waals surface area contributed by atoms with Gasteiger partial charge in [0.05, 0.1) is 13.2 Å². The first-order valence-corrected chi connectivity index (χ1v) is 10.5. The van der Waals surface area contributed by atoms with Crippen molar-refractivity contribution in [2.24, 2.45) is 0 Å². The molecule has 0 aliphatic heterocycles. The lowest BCUT2D eigenvalue weighted by Gasteiger charge is -2.09. The Morgan fingerprint density at radius 3 is 2.03 bits per heavy atom. The van der Waals surface area contributed by atoms with Crippen LogP contribution in [0.5, 0.6) is 0 Å². The van der Waals surface area contributed by atoms with E-state index in [1.807, 2.05) is 54.6 Å². The van der Waals surface area contributed by atoms with Crippen molar-refractivity contribution in [2.45, 2.75) is 45.7 Å². The van der Waals surface area contributed by atoms with E-state index in [0.29, 0.717) is 39.0 Å². The van der Waals surface area contributed by atoms with Gasteiger partial charge in [0.2, 0.25) is 0 Å². The number of nitrogens with one attached hydrogen (secondary N) is 2. The van der Waals surface area contributed by atoms with Crippen LogP contribution in [-0.2, 0) is 33.8 Å². The third-order valence-electron chi connectivity index (χ3n) is 4.51. The summed E-state index contributed by atoms with van der Waals surface area (Å²) in [7, 11) is 0. The normalized spacial score (nSPS) is 10.2. The van der Waals surface area contributed by atoms with E-state index >= 15 is 0 Å². The topological polar surface area (TPSA) is 93.7 Å². The van der Waals surface area contributed by atoms with Crippen molar-refractivity contribution in [1.82, 2.24) is 10.6 Å². The summed E-state index contributed by atoms with van der Waals surface area (Å²) in [6.45, 7) is 2.92. The molecule has 0 saturated heterocycles. The van der Waals surface area contributed by atoms with Crippen LogP contribution in [0.1, 0.15) is 42.9 Å². The zero-order valence-corrected chi connectivity index (χ0v) is 17.9. The Morgan fingerprint density at radius 2 is 1.39 bits per heavy atom. The zero-order chi connectivity index (χ0) is 22.3. The standard InChI is InChI=1S/C24H30N2O5/c1-2-30-23(28)25-17-20-10-6-11-21(16-20)18-26-24(29)31-15-7-12-22(27)14-13-19-8-4-3-5-9-19/h3-6,8-11,16H,2,7,12-15,17-18H2,1H3,(H,25,28)(H,26,29). The van der Waals surface area contributed by atoms with E-state index in [0.717, 1.165) is 23.1 Å². The summed E-state index contributed by atoms with van der Waals surface area (Å²) < 4.78 is 9.96. The van der Waals surface area contributed by atoms with E-state index in [-0.39, 0.29) is 12.4 Å². The SMILES string of the molecule is CCOC(=O)NCc1cccc(CNC(=O)OCCCC(=O)CCc2ccccc2)c1. The highest BCUT2D eigenvalue weighted by atomic mass is 16.6. The van der Waals surface area contributed by atoms with Gasteiger partial charge in [0.15, 0.2) is 0 Å². The Balaban J connectivity index is 1.58. The zero-order valence-electron chi connectivity index (χ0n) is 17.9. The predicted octanol–water partition coefficient (Wildman–Crippen LogP) is 4.14. The number of ether oxygens (including phenoxy) is 2. The lowest BCUT2D eigenvalue weighted by Crippen LogP contribution is -2.25. The van der Waals surface area contributed by atoms with Gasteiger partial charge < -0.3 is 20.1 Å². The molecule has 166 valence electrons. The number of carbonyl (C=O) groups is 3. The molecule has 0 radical (unpaired) electrons. The smallest absolute Gasteiger partial charge is 0.407 e. The minimum atomic E-state index is -0.521. The van der Waals surface area contributed by atoms with E-state index in [9.17, 15) is 14.4 Å². The van der Waals surface area contributed by atoms with Crippen LogP contribution in [0, 0.1) is 0 Å². The average molecular weight is 427 g/mol. The first-order valence-electron chi connectivity index (χ1n) is 10.5. The number of alkyl carbamates (subject to hydrolysis) is 2. The van der Waals surface area contributed by atoms with Gasteiger partial charge in [0.25, 0.3) is 0 Å². The first kappa shape index (κ1) is 23.9. The number of rotatable bonds is 12. The van der Waals surface area contributed by atoms with Gasteiger partial charge in [0.1, 0.15) is 5.78 Å². The fourth-order valence-electron chi connectivity index (χ4n) is 2.92. The van der Waals surface area contributed by atoms with Crippen LogP contribution >= 0.6 is 0 Å². The molecule has 2 rings (SSSR count). The van der Waals surface area contributed by atoms with E-state index in [1.165, 1.54) is 0 Å². The molecule has 0 saturated carbocycles. The van der Waals surface area contributed by atoms with Crippen LogP contribution in [0.4, 0.5) is 9.59 Å². The monoisotopic (exact) mass is 426 g/mol. The average Bonchev–Trinajstić information content (AvgIpc) is 2.79. The number of aryl methyl sites for hydroxylation is 1. The van der Waals surface area contributed by atoms with Gasteiger partial charge in [-0.25, -0.2) is 9.59 Å². The maximum atomic E-state index is 11.9. The van der Waals surface area contributed by atoms with Crippen LogP contribution in [-0.4, -0.2) is 31.2 Å². The number of benzene rings is 2. The quantitative estimate of drug-likeness (QED) is 0.498. The number of hydrogen-bond acceptors (Lipinski definition) is 5. The number of hydrogen-bond donors (Lipinski definition) is 2. The van der Waals surface area contributed by atoms with Crippen LogP contribution in [0.25, 0.3) is 0 Å². The van der Waals surface area contributed by atoms with Gasteiger partial charge in [-0.1, -0.05) is 54.6 Å². The molecule has 0 unspecified atom stereocenters. The van der Waals surface area contributed by atoms with Crippen LogP contribution in [0.3, 0.4) is 0 Å². The van der Waals surface area contributed by atoms with Crippen LogP contribution < -0.4 is 10.6 Å². The largest absolute Gasteiger partial charge is 0.450 e. The molecule has 31 heavy (non-hydrogen) atoms.